The summed E-state index contributed by atoms with van der Waals surface area (Å²) >= 11 is 0. The molecule has 21 heavy (non-hydrogen) atoms. The molecule has 2 rings (SSSR count). The van der Waals surface area contributed by atoms with Gasteiger partial charge in [-0.15, -0.1) is 0 Å². The van der Waals surface area contributed by atoms with Crippen molar-refractivity contribution in [2.24, 2.45) is 0 Å². The summed E-state index contributed by atoms with van der Waals surface area (Å²) in [5.74, 6) is 0.744. The number of hydrogen-bond acceptors (Lipinski definition) is 3. The number of rotatable bonds is 5. The third-order valence-corrected chi connectivity index (χ3v) is 3.36. The monoisotopic (exact) mass is 284 g/mol. The summed E-state index contributed by atoms with van der Waals surface area (Å²) in [6, 6.07) is 14.4. The highest BCUT2D eigenvalue weighted by Gasteiger charge is 2.14. The van der Waals surface area contributed by atoms with Crippen LogP contribution < -0.4 is 15.4 Å². The maximum atomic E-state index is 6.31. The Balaban J connectivity index is 2.40. The Morgan fingerprint density at radius 3 is 2.33 bits per heavy atom. The Hall–Kier alpha value is -2.16. The zero-order chi connectivity index (χ0) is 15.4. The van der Waals surface area contributed by atoms with Crippen molar-refractivity contribution in [3.8, 4) is 5.75 Å². The molecule has 0 saturated carbocycles. The number of nitrogens with zero attached hydrogens (tertiary/aromatic N) is 1. The Kier molecular flexibility index (Phi) is 4.73. The second kappa shape index (κ2) is 6.53. The van der Waals surface area contributed by atoms with Gasteiger partial charge in [0, 0.05) is 12.2 Å². The molecule has 0 bridgehead atoms. The molecule has 0 atom stereocenters. The number of hydrogen-bond donors (Lipinski definition) is 1. The average Bonchev–Trinajstić information content (AvgIpc) is 2.45. The normalized spacial score (nSPS) is 10.7. The highest BCUT2D eigenvalue weighted by Crippen LogP contribution is 2.36. The molecule has 0 aliphatic carbocycles. The first-order valence-corrected chi connectivity index (χ1v) is 7.42. The predicted molar refractivity (Wildman–Crippen MR) is 90.5 cm³/mol. The SMILES string of the molecule is CCN(c1ccc(C)cc1)c1cccc(OC(C)C)c1N. The molecular formula is C18H24N2O. The van der Waals surface area contributed by atoms with Crippen molar-refractivity contribution >= 4 is 17.1 Å². The molecule has 0 aromatic heterocycles. The Bertz CT molecular complexity index is 591. The van der Waals surface area contributed by atoms with Gasteiger partial charge < -0.3 is 15.4 Å². The van der Waals surface area contributed by atoms with Gasteiger partial charge in [0.25, 0.3) is 0 Å². The van der Waals surface area contributed by atoms with Gasteiger partial charge in [0.1, 0.15) is 5.75 Å². The van der Waals surface area contributed by atoms with Gasteiger partial charge in [-0.2, -0.15) is 0 Å². The van der Waals surface area contributed by atoms with Crippen LogP contribution in [-0.2, 0) is 0 Å². The Labute approximate surface area is 127 Å². The van der Waals surface area contributed by atoms with Gasteiger partial charge in [-0.3, -0.25) is 0 Å². The molecule has 2 aromatic rings. The summed E-state index contributed by atoms with van der Waals surface area (Å²) in [7, 11) is 0. The van der Waals surface area contributed by atoms with Crippen LogP contribution in [0.3, 0.4) is 0 Å². The van der Waals surface area contributed by atoms with E-state index in [-0.39, 0.29) is 6.10 Å². The van der Waals surface area contributed by atoms with Gasteiger partial charge in [-0.25, -0.2) is 0 Å². The topological polar surface area (TPSA) is 38.5 Å². The van der Waals surface area contributed by atoms with Crippen molar-refractivity contribution < 1.29 is 4.74 Å². The number of anilines is 3. The first kappa shape index (κ1) is 15.2. The van der Waals surface area contributed by atoms with E-state index < -0.39 is 0 Å². The van der Waals surface area contributed by atoms with E-state index in [0.29, 0.717) is 5.69 Å². The molecule has 0 heterocycles. The smallest absolute Gasteiger partial charge is 0.144 e. The van der Waals surface area contributed by atoms with Crippen molar-refractivity contribution in [1.29, 1.82) is 0 Å². The first-order valence-electron chi connectivity index (χ1n) is 7.42. The van der Waals surface area contributed by atoms with Crippen LogP contribution in [0.25, 0.3) is 0 Å². The standard InChI is InChI=1S/C18H24N2O/c1-5-20(15-11-9-14(4)10-12-15)16-7-6-8-17(18(16)19)21-13(2)3/h6-13H,5,19H2,1-4H3. The molecule has 2 N–H and O–H groups in total. The molecule has 0 unspecified atom stereocenters. The third-order valence-electron chi connectivity index (χ3n) is 3.36. The van der Waals surface area contributed by atoms with Crippen LogP contribution >= 0.6 is 0 Å². The molecule has 0 radical (unpaired) electrons. The van der Waals surface area contributed by atoms with E-state index in [1.807, 2.05) is 32.0 Å². The molecule has 0 aliphatic rings. The van der Waals surface area contributed by atoms with Crippen molar-refractivity contribution in [1.82, 2.24) is 0 Å². The second-order valence-corrected chi connectivity index (χ2v) is 5.44. The largest absolute Gasteiger partial charge is 0.489 e. The third kappa shape index (κ3) is 3.48. The van der Waals surface area contributed by atoms with Crippen molar-refractivity contribution in [2.45, 2.75) is 33.8 Å². The summed E-state index contributed by atoms with van der Waals surface area (Å²) in [6.45, 7) is 9.06. The van der Waals surface area contributed by atoms with Crippen LogP contribution in [0.2, 0.25) is 0 Å². The maximum Gasteiger partial charge on any atom is 0.144 e. The van der Waals surface area contributed by atoms with Crippen LogP contribution in [-0.4, -0.2) is 12.6 Å². The Morgan fingerprint density at radius 1 is 1.10 bits per heavy atom. The molecule has 0 aliphatic heterocycles. The summed E-state index contributed by atoms with van der Waals surface area (Å²) in [4.78, 5) is 2.20. The van der Waals surface area contributed by atoms with Gasteiger partial charge in [-0.05, 0) is 52.0 Å². The van der Waals surface area contributed by atoms with Gasteiger partial charge in [-0.1, -0.05) is 23.8 Å². The number of nitrogen functional groups attached to an aromatic ring is 1. The van der Waals surface area contributed by atoms with Crippen LogP contribution in [0.1, 0.15) is 26.3 Å². The zero-order valence-electron chi connectivity index (χ0n) is 13.3. The molecular weight excluding hydrogens is 260 g/mol. The summed E-state index contributed by atoms with van der Waals surface area (Å²) in [6.07, 6.45) is 0.108. The lowest BCUT2D eigenvalue weighted by Crippen LogP contribution is -2.18. The molecule has 112 valence electrons. The van der Waals surface area contributed by atoms with Crippen LogP contribution in [0.5, 0.6) is 5.75 Å². The number of benzene rings is 2. The summed E-state index contributed by atoms with van der Waals surface area (Å²) in [5, 5.41) is 0. The molecule has 0 fully saturated rings. The zero-order valence-corrected chi connectivity index (χ0v) is 13.3. The van der Waals surface area contributed by atoms with Crippen LogP contribution in [0, 0.1) is 6.92 Å². The van der Waals surface area contributed by atoms with Crippen molar-refractivity contribution in [3.05, 3.63) is 48.0 Å². The first-order chi connectivity index (χ1) is 10.0. The van der Waals surface area contributed by atoms with E-state index >= 15 is 0 Å². The lowest BCUT2D eigenvalue weighted by Gasteiger charge is -2.26. The van der Waals surface area contributed by atoms with Gasteiger partial charge in [0.05, 0.1) is 17.5 Å². The number of para-hydroxylation sites is 1. The number of ether oxygens (including phenoxy) is 1. The molecule has 2 aromatic carbocycles. The van der Waals surface area contributed by atoms with E-state index in [0.717, 1.165) is 23.7 Å². The lowest BCUT2D eigenvalue weighted by atomic mass is 10.1. The van der Waals surface area contributed by atoms with Gasteiger partial charge in [0.2, 0.25) is 0 Å². The van der Waals surface area contributed by atoms with E-state index in [1.165, 1.54) is 5.56 Å². The summed E-state index contributed by atoms with van der Waals surface area (Å²) in [5.41, 5.74) is 10.4. The van der Waals surface area contributed by atoms with Gasteiger partial charge >= 0.3 is 0 Å². The Morgan fingerprint density at radius 2 is 1.76 bits per heavy atom. The van der Waals surface area contributed by atoms with E-state index in [2.05, 4.69) is 43.0 Å². The fourth-order valence-corrected chi connectivity index (χ4v) is 2.34. The number of aryl methyl sites for hydroxylation is 1. The fraction of sp³-hybridized carbons (Fsp3) is 0.333. The van der Waals surface area contributed by atoms with E-state index in [9.17, 15) is 0 Å². The number of nitrogens with two attached hydrogens (primary N) is 1. The van der Waals surface area contributed by atoms with Crippen LogP contribution in [0.15, 0.2) is 42.5 Å². The second-order valence-electron chi connectivity index (χ2n) is 5.44. The van der Waals surface area contributed by atoms with E-state index in [1.54, 1.807) is 0 Å². The van der Waals surface area contributed by atoms with Gasteiger partial charge in [0.15, 0.2) is 0 Å². The van der Waals surface area contributed by atoms with E-state index in [4.69, 9.17) is 10.5 Å². The summed E-state index contributed by atoms with van der Waals surface area (Å²) < 4.78 is 5.78. The van der Waals surface area contributed by atoms with Crippen molar-refractivity contribution in [3.63, 3.8) is 0 Å². The highest BCUT2D eigenvalue weighted by molar-refractivity contribution is 5.79. The highest BCUT2D eigenvalue weighted by atomic mass is 16.5. The lowest BCUT2D eigenvalue weighted by molar-refractivity contribution is 0.244. The minimum atomic E-state index is 0.108. The average molecular weight is 284 g/mol. The molecule has 0 saturated heterocycles. The molecule has 0 amide bonds. The quantitative estimate of drug-likeness (QED) is 0.820. The van der Waals surface area contributed by atoms with Crippen LogP contribution in [0.4, 0.5) is 17.1 Å². The molecule has 3 heteroatoms. The predicted octanol–water partition coefficient (Wildman–Crippen LogP) is 4.52. The minimum Gasteiger partial charge on any atom is -0.489 e. The molecule has 3 nitrogen and oxygen atoms in total. The molecule has 0 spiro atoms. The maximum absolute atomic E-state index is 6.31. The fourth-order valence-electron chi connectivity index (χ4n) is 2.34. The minimum absolute atomic E-state index is 0.108. The van der Waals surface area contributed by atoms with Crippen molar-refractivity contribution in [2.75, 3.05) is 17.2 Å².